The van der Waals surface area contributed by atoms with Crippen LogP contribution in [0, 0.1) is 5.82 Å². The molecule has 180 valence electrons. The van der Waals surface area contributed by atoms with E-state index in [4.69, 9.17) is 9.47 Å². The Bertz CT molecular complexity index is 1350. The van der Waals surface area contributed by atoms with Crippen LogP contribution in [0.1, 0.15) is 42.3 Å². The highest BCUT2D eigenvalue weighted by Gasteiger charge is 2.34. The Kier molecular flexibility index (Phi) is 6.45. The van der Waals surface area contributed by atoms with Gasteiger partial charge in [0, 0.05) is 28.7 Å². The van der Waals surface area contributed by atoms with E-state index in [-0.39, 0.29) is 24.2 Å². The molecule has 0 aliphatic carbocycles. The van der Waals surface area contributed by atoms with Gasteiger partial charge in [0.2, 0.25) is 5.91 Å². The second kappa shape index (κ2) is 9.82. The molecule has 0 fully saturated rings. The summed E-state index contributed by atoms with van der Waals surface area (Å²) in [4.78, 5) is 19.3. The molecule has 0 radical (unpaired) electrons. The smallest absolute Gasteiger partial charge is 0.227 e. The minimum atomic E-state index is -0.329. The number of hydrogen-bond acceptors (Lipinski definition) is 3. The maximum atomic E-state index is 13.8. The van der Waals surface area contributed by atoms with Crippen molar-refractivity contribution < 1.29 is 18.7 Å². The summed E-state index contributed by atoms with van der Waals surface area (Å²) < 4.78 is 25.4. The van der Waals surface area contributed by atoms with E-state index >= 15 is 0 Å². The van der Waals surface area contributed by atoms with Crippen molar-refractivity contribution >= 4 is 16.8 Å². The number of H-pyrrole nitrogens is 1. The number of nitrogens with one attached hydrogen (secondary N) is 1. The average Bonchev–Trinajstić information content (AvgIpc) is 3.25. The molecule has 6 heteroatoms. The van der Waals surface area contributed by atoms with Crippen molar-refractivity contribution in [3.8, 4) is 11.5 Å². The van der Waals surface area contributed by atoms with Gasteiger partial charge in [-0.25, -0.2) is 4.39 Å². The predicted molar refractivity (Wildman–Crippen MR) is 134 cm³/mol. The second-order valence-electron chi connectivity index (χ2n) is 8.64. The lowest BCUT2D eigenvalue weighted by Crippen LogP contribution is -2.41. The standard InChI is InChI=1S/C29H29FN2O3/c1-3-34-25-11-7-8-20(29(25)35-4-2)18-26(33)32-17-16-23-22-9-5-6-10-24(22)31-27(23)28(32)19-12-14-21(30)15-13-19/h5-15,28,31H,3-4,16-18H2,1-2H3/t28-/m1/s1. The molecule has 35 heavy (non-hydrogen) atoms. The van der Waals surface area contributed by atoms with Gasteiger partial charge < -0.3 is 19.4 Å². The number of carbonyl (C=O) groups is 1. The van der Waals surface area contributed by atoms with Crippen molar-refractivity contribution in [2.24, 2.45) is 0 Å². The molecule has 0 unspecified atom stereocenters. The van der Waals surface area contributed by atoms with E-state index in [0.29, 0.717) is 31.3 Å². The Labute approximate surface area is 204 Å². The van der Waals surface area contributed by atoms with Crippen LogP contribution in [-0.4, -0.2) is 35.5 Å². The van der Waals surface area contributed by atoms with Crippen LogP contribution >= 0.6 is 0 Å². The van der Waals surface area contributed by atoms with Gasteiger partial charge in [0.15, 0.2) is 11.5 Å². The Morgan fingerprint density at radius 3 is 2.54 bits per heavy atom. The molecule has 4 aromatic rings. The third kappa shape index (κ3) is 4.36. The molecule has 1 aromatic heterocycles. The van der Waals surface area contributed by atoms with Gasteiger partial charge in [-0.05, 0) is 55.7 Å². The van der Waals surface area contributed by atoms with Crippen molar-refractivity contribution in [1.29, 1.82) is 0 Å². The van der Waals surface area contributed by atoms with Crippen LogP contribution in [0.2, 0.25) is 0 Å². The molecule has 0 saturated carbocycles. The summed E-state index contributed by atoms with van der Waals surface area (Å²) in [5, 5.41) is 1.17. The number of nitrogens with zero attached hydrogens (tertiary/aromatic N) is 1. The molecule has 0 bridgehead atoms. The van der Waals surface area contributed by atoms with Crippen LogP contribution in [0.3, 0.4) is 0 Å². The van der Waals surface area contributed by atoms with Crippen LogP contribution in [0.25, 0.3) is 10.9 Å². The highest BCUT2D eigenvalue weighted by molar-refractivity contribution is 5.87. The van der Waals surface area contributed by atoms with Crippen molar-refractivity contribution in [3.63, 3.8) is 0 Å². The fraction of sp³-hybridized carbons (Fsp3) is 0.276. The number of ether oxygens (including phenoxy) is 2. The fourth-order valence-electron chi connectivity index (χ4n) is 5.04. The summed E-state index contributed by atoms with van der Waals surface area (Å²) in [5.41, 5.74) is 4.92. The molecular weight excluding hydrogens is 443 g/mol. The van der Waals surface area contributed by atoms with Gasteiger partial charge in [-0.1, -0.05) is 42.5 Å². The summed E-state index contributed by atoms with van der Waals surface area (Å²) in [5.74, 6) is 0.949. The van der Waals surface area contributed by atoms with E-state index in [2.05, 4.69) is 17.1 Å². The first-order valence-corrected chi connectivity index (χ1v) is 12.1. The molecule has 2 heterocycles. The average molecular weight is 473 g/mol. The molecule has 1 N–H and O–H groups in total. The van der Waals surface area contributed by atoms with E-state index in [1.165, 1.54) is 23.1 Å². The SMILES string of the molecule is CCOc1cccc(CC(=O)N2CCc3c([nH]c4ccccc34)[C@H]2c2ccc(F)cc2)c1OCC. The quantitative estimate of drug-likeness (QED) is 0.369. The monoisotopic (exact) mass is 472 g/mol. The number of aromatic amines is 1. The summed E-state index contributed by atoms with van der Waals surface area (Å²) >= 11 is 0. The highest BCUT2D eigenvalue weighted by atomic mass is 19.1. The molecule has 0 spiro atoms. The van der Waals surface area contributed by atoms with Crippen molar-refractivity contribution in [1.82, 2.24) is 9.88 Å². The number of rotatable bonds is 7. The minimum Gasteiger partial charge on any atom is -0.490 e. The maximum absolute atomic E-state index is 13.8. The van der Waals surface area contributed by atoms with E-state index in [0.717, 1.165) is 28.8 Å². The zero-order valence-corrected chi connectivity index (χ0v) is 20.0. The van der Waals surface area contributed by atoms with Crippen molar-refractivity contribution in [3.05, 3.63) is 94.9 Å². The van der Waals surface area contributed by atoms with Gasteiger partial charge >= 0.3 is 0 Å². The van der Waals surface area contributed by atoms with Crippen LogP contribution in [0.5, 0.6) is 11.5 Å². The van der Waals surface area contributed by atoms with Crippen LogP contribution < -0.4 is 9.47 Å². The minimum absolute atomic E-state index is 0.0155. The first-order chi connectivity index (χ1) is 17.1. The summed E-state index contributed by atoms with van der Waals surface area (Å²) in [6, 6.07) is 20.0. The summed E-state index contributed by atoms with van der Waals surface area (Å²) in [7, 11) is 0. The zero-order valence-electron chi connectivity index (χ0n) is 20.0. The van der Waals surface area contributed by atoms with E-state index in [9.17, 15) is 9.18 Å². The Hall–Kier alpha value is -3.80. The second-order valence-corrected chi connectivity index (χ2v) is 8.64. The van der Waals surface area contributed by atoms with E-state index < -0.39 is 0 Å². The number of hydrogen-bond donors (Lipinski definition) is 1. The molecule has 5 rings (SSSR count). The van der Waals surface area contributed by atoms with Gasteiger partial charge in [-0.15, -0.1) is 0 Å². The molecule has 1 aliphatic rings. The lowest BCUT2D eigenvalue weighted by atomic mass is 9.91. The number of halogens is 1. The normalized spacial score (nSPS) is 15.2. The van der Waals surface area contributed by atoms with Crippen LogP contribution in [-0.2, 0) is 17.6 Å². The van der Waals surface area contributed by atoms with Gasteiger partial charge in [0.1, 0.15) is 5.82 Å². The van der Waals surface area contributed by atoms with E-state index in [1.54, 1.807) is 12.1 Å². The lowest BCUT2D eigenvalue weighted by molar-refractivity contribution is -0.132. The molecule has 3 aromatic carbocycles. The highest BCUT2D eigenvalue weighted by Crippen LogP contribution is 2.39. The first-order valence-electron chi connectivity index (χ1n) is 12.1. The fourth-order valence-corrected chi connectivity index (χ4v) is 5.04. The van der Waals surface area contributed by atoms with Gasteiger partial charge in [-0.3, -0.25) is 4.79 Å². The summed E-state index contributed by atoms with van der Waals surface area (Å²) in [6.45, 7) is 5.41. The Morgan fingerprint density at radius 2 is 1.77 bits per heavy atom. The topological polar surface area (TPSA) is 54.6 Å². The number of amides is 1. The molecule has 1 amide bonds. The molecular formula is C29H29FN2O3. The lowest BCUT2D eigenvalue weighted by Gasteiger charge is -2.36. The number of aromatic nitrogens is 1. The largest absolute Gasteiger partial charge is 0.490 e. The maximum Gasteiger partial charge on any atom is 0.227 e. The molecule has 0 saturated heterocycles. The number of benzene rings is 3. The Balaban J connectivity index is 1.54. The van der Waals surface area contributed by atoms with Crippen LogP contribution in [0.15, 0.2) is 66.7 Å². The van der Waals surface area contributed by atoms with E-state index in [1.807, 2.05) is 49.1 Å². The number of fused-ring (bicyclic) bond motifs is 3. The predicted octanol–water partition coefficient (Wildman–Crippen LogP) is 5.82. The molecule has 1 aliphatic heterocycles. The van der Waals surface area contributed by atoms with Crippen molar-refractivity contribution in [2.45, 2.75) is 32.7 Å². The van der Waals surface area contributed by atoms with Crippen molar-refractivity contribution in [2.75, 3.05) is 19.8 Å². The van der Waals surface area contributed by atoms with Gasteiger partial charge in [0.25, 0.3) is 0 Å². The summed E-state index contributed by atoms with van der Waals surface area (Å²) in [6.07, 6.45) is 0.934. The zero-order chi connectivity index (χ0) is 24.4. The Morgan fingerprint density at radius 1 is 1.00 bits per heavy atom. The van der Waals surface area contributed by atoms with Gasteiger partial charge in [0.05, 0.1) is 25.7 Å². The van der Waals surface area contributed by atoms with Gasteiger partial charge in [-0.2, -0.15) is 0 Å². The number of para-hydroxylation sites is 2. The molecule has 1 atom stereocenters. The van der Waals surface area contributed by atoms with Crippen LogP contribution in [0.4, 0.5) is 4.39 Å². The third-order valence-electron chi connectivity index (χ3n) is 6.53. The first kappa shape index (κ1) is 23.0. The number of carbonyl (C=O) groups excluding carboxylic acids is 1. The third-order valence-corrected chi connectivity index (χ3v) is 6.53. The molecule has 5 nitrogen and oxygen atoms in total.